The highest BCUT2D eigenvalue weighted by molar-refractivity contribution is 5.86. The molecule has 4 rings (SSSR count). The number of hydrogen-bond donors (Lipinski definition) is 2. The number of aromatic nitrogens is 6. The number of nitrogens with zero attached hydrogens (tertiary/aromatic N) is 5. The molecule has 0 bridgehead atoms. The zero-order valence-electron chi connectivity index (χ0n) is 9.78. The van der Waals surface area contributed by atoms with Crippen LogP contribution in [0.4, 0.5) is 5.69 Å². The average Bonchev–Trinajstić information content (AvgIpc) is 3.03. The van der Waals surface area contributed by atoms with E-state index in [0.717, 1.165) is 22.1 Å². The maximum Gasteiger partial charge on any atom is 0.168 e. The summed E-state index contributed by atoms with van der Waals surface area (Å²) in [6.07, 6.45) is 6.65. The van der Waals surface area contributed by atoms with Crippen LogP contribution < -0.4 is 5.73 Å². The number of pyridine rings is 1. The van der Waals surface area contributed by atoms with Crippen LogP contribution in [0.25, 0.3) is 27.9 Å². The molecule has 0 amide bonds. The molecule has 4 aromatic heterocycles. The van der Waals surface area contributed by atoms with Gasteiger partial charge in [0.15, 0.2) is 11.5 Å². The molecule has 7 nitrogen and oxygen atoms in total. The molecule has 92 valence electrons. The monoisotopic (exact) mass is 251 g/mol. The molecule has 0 aromatic carbocycles. The van der Waals surface area contributed by atoms with Crippen LogP contribution in [-0.2, 0) is 0 Å². The Hall–Kier alpha value is -2.96. The molecule has 0 aliphatic rings. The second-order valence-electron chi connectivity index (χ2n) is 4.18. The Kier molecular flexibility index (Phi) is 1.85. The molecule has 4 aromatic rings. The standard InChI is InChI=1S/C12H9N7/c13-8-3-7-4-18-19(11(7)15-5-8)12-9-1-2-14-10(9)16-6-17-12/h1-6H,13H2,(H,14,16,17). The van der Waals surface area contributed by atoms with Crippen molar-refractivity contribution >= 4 is 27.8 Å². The number of rotatable bonds is 1. The Morgan fingerprint density at radius 2 is 2.11 bits per heavy atom. The highest BCUT2D eigenvalue weighted by atomic mass is 15.3. The minimum absolute atomic E-state index is 0.613. The van der Waals surface area contributed by atoms with Gasteiger partial charge in [-0.15, -0.1) is 0 Å². The summed E-state index contributed by atoms with van der Waals surface area (Å²) >= 11 is 0. The lowest BCUT2D eigenvalue weighted by Crippen LogP contribution is -2.01. The molecule has 7 heteroatoms. The molecule has 4 heterocycles. The number of aromatic amines is 1. The highest BCUT2D eigenvalue weighted by Crippen LogP contribution is 2.21. The molecule has 0 unspecified atom stereocenters. The maximum atomic E-state index is 5.72. The fraction of sp³-hybridized carbons (Fsp3) is 0. The van der Waals surface area contributed by atoms with Crippen molar-refractivity contribution in [3.8, 4) is 5.82 Å². The van der Waals surface area contributed by atoms with Gasteiger partial charge in [-0.2, -0.15) is 9.78 Å². The Bertz CT molecular complexity index is 889. The maximum absolute atomic E-state index is 5.72. The van der Waals surface area contributed by atoms with Crippen molar-refractivity contribution in [1.82, 2.24) is 29.7 Å². The smallest absolute Gasteiger partial charge is 0.168 e. The molecule has 19 heavy (non-hydrogen) atoms. The largest absolute Gasteiger partial charge is 0.397 e. The SMILES string of the molecule is Nc1cnc2c(cnn2-c2ncnc3[nH]ccc23)c1. The zero-order chi connectivity index (χ0) is 12.8. The Morgan fingerprint density at radius 1 is 1.16 bits per heavy atom. The molecule has 0 saturated carbocycles. The molecular weight excluding hydrogens is 242 g/mol. The van der Waals surface area contributed by atoms with Crippen LogP contribution in [0.2, 0.25) is 0 Å². The molecule has 0 radical (unpaired) electrons. The first-order valence-corrected chi connectivity index (χ1v) is 5.70. The Balaban J connectivity index is 2.07. The van der Waals surface area contributed by atoms with Gasteiger partial charge < -0.3 is 10.7 Å². The van der Waals surface area contributed by atoms with Crippen molar-refractivity contribution in [3.63, 3.8) is 0 Å². The van der Waals surface area contributed by atoms with Gasteiger partial charge in [-0.05, 0) is 12.1 Å². The molecular formula is C12H9N7. The molecule has 0 aliphatic heterocycles. The summed E-state index contributed by atoms with van der Waals surface area (Å²) in [5.74, 6) is 0.693. The molecule has 0 spiro atoms. The molecule has 0 atom stereocenters. The second-order valence-corrected chi connectivity index (χ2v) is 4.18. The van der Waals surface area contributed by atoms with E-state index >= 15 is 0 Å². The fourth-order valence-electron chi connectivity index (χ4n) is 2.12. The van der Waals surface area contributed by atoms with E-state index in [-0.39, 0.29) is 0 Å². The summed E-state index contributed by atoms with van der Waals surface area (Å²) < 4.78 is 1.69. The number of fused-ring (bicyclic) bond motifs is 2. The van der Waals surface area contributed by atoms with Gasteiger partial charge in [0.25, 0.3) is 0 Å². The normalized spacial score (nSPS) is 11.4. The minimum atomic E-state index is 0.613. The van der Waals surface area contributed by atoms with Crippen LogP contribution in [0.15, 0.2) is 37.1 Å². The predicted octanol–water partition coefficient (Wildman–Crippen LogP) is 1.27. The summed E-state index contributed by atoms with van der Waals surface area (Å²) in [7, 11) is 0. The lowest BCUT2D eigenvalue weighted by Gasteiger charge is -2.02. The van der Waals surface area contributed by atoms with E-state index in [2.05, 4.69) is 25.0 Å². The van der Waals surface area contributed by atoms with E-state index in [1.807, 2.05) is 18.3 Å². The van der Waals surface area contributed by atoms with E-state index in [1.165, 1.54) is 6.33 Å². The van der Waals surface area contributed by atoms with Gasteiger partial charge in [-0.3, -0.25) is 0 Å². The average molecular weight is 251 g/mol. The molecule has 0 aliphatic carbocycles. The predicted molar refractivity (Wildman–Crippen MR) is 70.7 cm³/mol. The summed E-state index contributed by atoms with van der Waals surface area (Å²) in [4.78, 5) is 15.8. The van der Waals surface area contributed by atoms with Gasteiger partial charge >= 0.3 is 0 Å². The van der Waals surface area contributed by atoms with Crippen molar-refractivity contribution in [3.05, 3.63) is 37.1 Å². The third-order valence-corrected chi connectivity index (χ3v) is 2.96. The first kappa shape index (κ1) is 10.0. The summed E-state index contributed by atoms with van der Waals surface area (Å²) in [6.45, 7) is 0. The van der Waals surface area contributed by atoms with Gasteiger partial charge in [0.2, 0.25) is 0 Å². The van der Waals surface area contributed by atoms with Crippen molar-refractivity contribution in [2.45, 2.75) is 0 Å². The summed E-state index contributed by atoms with van der Waals surface area (Å²) in [5, 5.41) is 6.10. The fourth-order valence-corrected chi connectivity index (χ4v) is 2.12. The number of nitrogen functional groups attached to an aromatic ring is 1. The van der Waals surface area contributed by atoms with Crippen LogP contribution in [-0.4, -0.2) is 29.7 Å². The molecule has 0 saturated heterocycles. The third-order valence-electron chi connectivity index (χ3n) is 2.96. The van der Waals surface area contributed by atoms with E-state index in [1.54, 1.807) is 17.1 Å². The minimum Gasteiger partial charge on any atom is -0.397 e. The first-order chi connectivity index (χ1) is 9.33. The molecule has 3 N–H and O–H groups in total. The topological polar surface area (TPSA) is 98.3 Å². The quantitative estimate of drug-likeness (QED) is 0.531. The summed E-state index contributed by atoms with van der Waals surface area (Å²) in [6, 6.07) is 3.75. The third kappa shape index (κ3) is 1.38. The highest BCUT2D eigenvalue weighted by Gasteiger charge is 2.11. The van der Waals surface area contributed by atoms with E-state index < -0.39 is 0 Å². The van der Waals surface area contributed by atoms with Crippen LogP contribution >= 0.6 is 0 Å². The Morgan fingerprint density at radius 3 is 3.05 bits per heavy atom. The van der Waals surface area contributed by atoms with Crippen molar-refractivity contribution in [2.75, 3.05) is 5.73 Å². The van der Waals surface area contributed by atoms with Crippen molar-refractivity contribution in [2.24, 2.45) is 0 Å². The van der Waals surface area contributed by atoms with E-state index in [0.29, 0.717) is 11.5 Å². The van der Waals surface area contributed by atoms with Gasteiger partial charge in [0.1, 0.15) is 12.0 Å². The lowest BCUT2D eigenvalue weighted by atomic mass is 10.3. The van der Waals surface area contributed by atoms with Gasteiger partial charge in [-0.1, -0.05) is 0 Å². The van der Waals surface area contributed by atoms with Crippen LogP contribution in [0, 0.1) is 0 Å². The van der Waals surface area contributed by atoms with Gasteiger partial charge in [-0.25, -0.2) is 15.0 Å². The number of nitrogens with two attached hydrogens (primary N) is 1. The lowest BCUT2D eigenvalue weighted by molar-refractivity contribution is 0.867. The zero-order valence-corrected chi connectivity index (χ0v) is 9.78. The number of anilines is 1. The first-order valence-electron chi connectivity index (χ1n) is 5.70. The number of hydrogen-bond acceptors (Lipinski definition) is 5. The van der Waals surface area contributed by atoms with Crippen molar-refractivity contribution < 1.29 is 0 Å². The van der Waals surface area contributed by atoms with Gasteiger partial charge in [0.05, 0.1) is 23.5 Å². The van der Waals surface area contributed by atoms with Crippen LogP contribution in [0.1, 0.15) is 0 Å². The van der Waals surface area contributed by atoms with Gasteiger partial charge in [0, 0.05) is 11.6 Å². The second kappa shape index (κ2) is 3.52. The number of nitrogens with one attached hydrogen (secondary N) is 1. The molecule has 0 fully saturated rings. The van der Waals surface area contributed by atoms with Crippen LogP contribution in [0.5, 0.6) is 0 Å². The van der Waals surface area contributed by atoms with E-state index in [9.17, 15) is 0 Å². The van der Waals surface area contributed by atoms with E-state index in [4.69, 9.17) is 5.73 Å². The van der Waals surface area contributed by atoms with Crippen molar-refractivity contribution in [1.29, 1.82) is 0 Å². The summed E-state index contributed by atoms with van der Waals surface area (Å²) in [5.41, 5.74) is 7.81. The Labute approximate surface area is 107 Å². The van der Waals surface area contributed by atoms with Crippen LogP contribution in [0.3, 0.4) is 0 Å². The number of H-pyrrole nitrogens is 1.